The number of rotatable bonds is 17. The zero-order valence-corrected chi connectivity index (χ0v) is 21.5. The SMILES string of the molecule is CC(C)C(NC(=O)C(CCCN=C(N)N)NC(=O)C(N)Cc1cnc[nH]1)C(=O)NC(CCC(N)=O)C(=O)O. The highest BCUT2D eigenvalue weighted by Gasteiger charge is 2.32. The number of carboxylic acid groups (broad SMARTS) is 1. The highest BCUT2D eigenvalue weighted by molar-refractivity contribution is 5.94. The quantitative estimate of drug-likeness (QED) is 0.0543. The molecule has 0 aromatic carbocycles. The highest BCUT2D eigenvalue weighted by Crippen LogP contribution is 2.08. The summed E-state index contributed by atoms with van der Waals surface area (Å²) in [6.45, 7) is 3.49. The molecule has 38 heavy (non-hydrogen) atoms. The molecule has 0 aliphatic carbocycles. The largest absolute Gasteiger partial charge is 0.480 e. The molecule has 1 aromatic rings. The van der Waals surface area contributed by atoms with Crippen molar-refractivity contribution in [2.45, 2.75) is 70.1 Å². The number of aromatic amines is 1. The molecule has 16 nitrogen and oxygen atoms in total. The summed E-state index contributed by atoms with van der Waals surface area (Å²) in [5, 5.41) is 16.9. The fourth-order valence-corrected chi connectivity index (χ4v) is 3.37. The number of carboxylic acids is 1. The Balaban J connectivity index is 2.97. The molecule has 4 atom stereocenters. The maximum atomic E-state index is 13.2. The van der Waals surface area contributed by atoms with Gasteiger partial charge in [0.05, 0.1) is 12.4 Å². The first kappa shape index (κ1) is 31.8. The molecule has 1 heterocycles. The summed E-state index contributed by atoms with van der Waals surface area (Å²) in [4.78, 5) is 71.9. The standard InChI is InChI=1S/C22H38N10O6/c1-11(2)17(20(36)31-15(21(37)38)5-6-16(24)33)32-19(35)14(4-3-7-28-22(25)26)30-18(34)13(23)8-12-9-27-10-29-12/h9-11,13-15,17H,3-8,23H2,1-2H3,(H2,24,33)(H,27,29)(H,30,34)(H,31,36)(H,32,35)(H,37,38)(H4,25,26,28). The Kier molecular flexibility index (Phi) is 13.2. The monoisotopic (exact) mass is 538 g/mol. The predicted octanol–water partition coefficient (Wildman–Crippen LogP) is -3.21. The second kappa shape index (κ2) is 15.8. The van der Waals surface area contributed by atoms with Crippen molar-refractivity contribution < 1.29 is 29.1 Å². The van der Waals surface area contributed by atoms with Crippen molar-refractivity contribution in [3.8, 4) is 0 Å². The van der Waals surface area contributed by atoms with Crippen LogP contribution in [0.25, 0.3) is 0 Å². The molecule has 1 aromatic heterocycles. The van der Waals surface area contributed by atoms with Gasteiger partial charge in [-0.25, -0.2) is 9.78 Å². The zero-order chi connectivity index (χ0) is 28.8. The van der Waals surface area contributed by atoms with Gasteiger partial charge in [0.15, 0.2) is 5.96 Å². The van der Waals surface area contributed by atoms with Crippen LogP contribution in [0.3, 0.4) is 0 Å². The lowest BCUT2D eigenvalue weighted by Crippen LogP contribution is -2.58. The number of aliphatic imine (C=N–C) groups is 1. The Hall–Kier alpha value is -4.21. The van der Waals surface area contributed by atoms with E-state index in [4.69, 9.17) is 22.9 Å². The van der Waals surface area contributed by atoms with E-state index in [0.29, 0.717) is 12.1 Å². The van der Waals surface area contributed by atoms with Crippen molar-refractivity contribution >= 4 is 35.6 Å². The number of hydrogen-bond acceptors (Lipinski definition) is 8. The number of guanidine groups is 1. The van der Waals surface area contributed by atoms with Crippen LogP contribution >= 0.6 is 0 Å². The van der Waals surface area contributed by atoms with E-state index in [0.717, 1.165) is 0 Å². The van der Waals surface area contributed by atoms with Crippen LogP contribution in [0.5, 0.6) is 0 Å². The Labute approximate surface area is 219 Å². The molecule has 0 aliphatic heterocycles. The van der Waals surface area contributed by atoms with Gasteiger partial charge in [-0.2, -0.15) is 0 Å². The maximum Gasteiger partial charge on any atom is 0.326 e. The zero-order valence-electron chi connectivity index (χ0n) is 21.5. The number of hydrogen-bond donors (Lipinski definition) is 9. The van der Waals surface area contributed by atoms with Crippen molar-refractivity contribution in [1.82, 2.24) is 25.9 Å². The summed E-state index contributed by atoms with van der Waals surface area (Å²) in [6.07, 6.45) is 3.08. The van der Waals surface area contributed by atoms with Gasteiger partial charge in [0.2, 0.25) is 23.6 Å². The van der Waals surface area contributed by atoms with E-state index in [-0.39, 0.29) is 38.2 Å². The van der Waals surface area contributed by atoms with Gasteiger partial charge < -0.3 is 49.0 Å². The third-order valence-electron chi connectivity index (χ3n) is 5.45. The molecule has 0 radical (unpaired) electrons. The first-order valence-corrected chi connectivity index (χ1v) is 12.0. The molecule has 212 valence electrons. The smallest absolute Gasteiger partial charge is 0.326 e. The highest BCUT2D eigenvalue weighted by atomic mass is 16.4. The number of nitrogens with one attached hydrogen (secondary N) is 4. The molecule has 0 saturated heterocycles. The number of carbonyl (C=O) groups excluding carboxylic acids is 4. The summed E-state index contributed by atoms with van der Waals surface area (Å²) in [6, 6.07) is -4.62. The van der Waals surface area contributed by atoms with Gasteiger partial charge in [-0.15, -0.1) is 0 Å². The number of imidazole rings is 1. The van der Waals surface area contributed by atoms with E-state index in [1.807, 2.05) is 0 Å². The fourth-order valence-electron chi connectivity index (χ4n) is 3.37. The van der Waals surface area contributed by atoms with Gasteiger partial charge in [-0.05, 0) is 25.2 Å². The molecule has 16 heteroatoms. The molecule has 0 saturated carbocycles. The van der Waals surface area contributed by atoms with Gasteiger partial charge in [-0.3, -0.25) is 24.2 Å². The van der Waals surface area contributed by atoms with Crippen molar-refractivity contribution in [2.24, 2.45) is 33.8 Å². The molecule has 1 rings (SSSR count). The number of aromatic nitrogens is 2. The second-order valence-electron chi connectivity index (χ2n) is 9.03. The Morgan fingerprint density at radius 1 is 1.00 bits per heavy atom. The topological polar surface area (TPSA) is 287 Å². The van der Waals surface area contributed by atoms with E-state index in [1.54, 1.807) is 13.8 Å². The van der Waals surface area contributed by atoms with E-state index < -0.39 is 59.7 Å². The van der Waals surface area contributed by atoms with Crippen LogP contribution in [0.1, 0.15) is 45.2 Å². The third kappa shape index (κ3) is 11.7. The molecule has 4 amide bonds. The lowest BCUT2D eigenvalue weighted by Gasteiger charge is -2.27. The molecule has 0 bridgehead atoms. The van der Waals surface area contributed by atoms with Crippen molar-refractivity contribution in [3.05, 3.63) is 18.2 Å². The minimum atomic E-state index is -1.39. The van der Waals surface area contributed by atoms with Crippen LogP contribution < -0.4 is 38.9 Å². The normalized spacial score (nSPS) is 14.0. The summed E-state index contributed by atoms with van der Waals surface area (Å²) < 4.78 is 0. The first-order valence-electron chi connectivity index (χ1n) is 12.0. The predicted molar refractivity (Wildman–Crippen MR) is 137 cm³/mol. The Morgan fingerprint density at radius 3 is 2.18 bits per heavy atom. The van der Waals surface area contributed by atoms with Crippen LogP contribution in [0.4, 0.5) is 0 Å². The van der Waals surface area contributed by atoms with Crippen molar-refractivity contribution in [1.29, 1.82) is 0 Å². The molecule has 13 N–H and O–H groups in total. The lowest BCUT2D eigenvalue weighted by atomic mass is 10.0. The average molecular weight is 539 g/mol. The molecular weight excluding hydrogens is 500 g/mol. The minimum absolute atomic E-state index is 0.119. The van der Waals surface area contributed by atoms with Gasteiger partial charge >= 0.3 is 5.97 Å². The molecular formula is C22H38N10O6. The van der Waals surface area contributed by atoms with E-state index in [1.165, 1.54) is 12.5 Å². The third-order valence-corrected chi connectivity index (χ3v) is 5.45. The minimum Gasteiger partial charge on any atom is -0.480 e. The summed E-state index contributed by atoms with van der Waals surface area (Å²) >= 11 is 0. The number of primary amides is 1. The number of nitrogens with two attached hydrogens (primary N) is 4. The van der Waals surface area contributed by atoms with Crippen molar-refractivity contribution in [3.63, 3.8) is 0 Å². The maximum absolute atomic E-state index is 13.2. The van der Waals surface area contributed by atoms with Gasteiger partial charge in [0.25, 0.3) is 0 Å². The number of amides is 4. The number of nitrogens with zero attached hydrogens (tertiary/aromatic N) is 2. The summed E-state index contributed by atoms with van der Waals surface area (Å²) in [5.41, 5.74) is 22.3. The van der Waals surface area contributed by atoms with E-state index in [9.17, 15) is 29.1 Å². The van der Waals surface area contributed by atoms with Crippen LogP contribution in [-0.2, 0) is 30.4 Å². The molecule has 0 fully saturated rings. The fraction of sp³-hybridized carbons (Fsp3) is 0.591. The molecule has 4 unspecified atom stereocenters. The number of aliphatic carboxylic acids is 1. The summed E-state index contributed by atoms with van der Waals surface area (Å²) in [7, 11) is 0. The average Bonchev–Trinajstić information content (AvgIpc) is 3.33. The van der Waals surface area contributed by atoms with Gasteiger partial charge in [-0.1, -0.05) is 13.8 Å². The van der Waals surface area contributed by atoms with Crippen LogP contribution in [0.15, 0.2) is 17.5 Å². The lowest BCUT2D eigenvalue weighted by molar-refractivity contribution is -0.143. The number of H-pyrrole nitrogens is 1. The summed E-state index contributed by atoms with van der Waals surface area (Å²) in [5.74, 6) is -4.72. The Morgan fingerprint density at radius 2 is 1.66 bits per heavy atom. The second-order valence-corrected chi connectivity index (χ2v) is 9.03. The van der Waals surface area contributed by atoms with Gasteiger partial charge in [0, 0.05) is 31.3 Å². The van der Waals surface area contributed by atoms with Crippen LogP contribution in [0.2, 0.25) is 0 Å². The van der Waals surface area contributed by atoms with Crippen molar-refractivity contribution in [2.75, 3.05) is 6.54 Å². The Bertz CT molecular complexity index is 977. The number of carbonyl (C=O) groups is 5. The molecule has 0 aliphatic rings. The van der Waals surface area contributed by atoms with E-state index >= 15 is 0 Å². The van der Waals surface area contributed by atoms with Crippen LogP contribution in [0, 0.1) is 5.92 Å². The van der Waals surface area contributed by atoms with Crippen LogP contribution in [-0.4, -0.2) is 81.3 Å². The first-order chi connectivity index (χ1) is 17.8. The van der Waals surface area contributed by atoms with E-state index in [2.05, 4.69) is 30.9 Å². The van der Waals surface area contributed by atoms with Gasteiger partial charge in [0.1, 0.15) is 18.1 Å². The molecule has 0 spiro atoms.